The van der Waals surface area contributed by atoms with Crippen LogP contribution in [0.3, 0.4) is 0 Å². The second kappa shape index (κ2) is 2.86. The molecule has 0 heterocycles. The van der Waals surface area contributed by atoms with Gasteiger partial charge in [-0.25, -0.2) is 0 Å². The van der Waals surface area contributed by atoms with Crippen LogP contribution in [-0.2, 0) is 9.53 Å². The molecule has 0 bridgehead atoms. The molecule has 1 atom stereocenters. The number of hydrogen-bond acceptors (Lipinski definition) is 2. The van der Waals surface area contributed by atoms with E-state index in [1.807, 2.05) is 6.92 Å². The molecule has 0 N–H and O–H groups in total. The molecular weight excluding hydrogens is 128 g/mol. The zero-order valence-electron chi connectivity index (χ0n) is 6.17. The summed E-state index contributed by atoms with van der Waals surface area (Å²) in [6.45, 7) is 5.33. The summed E-state index contributed by atoms with van der Waals surface area (Å²) >= 11 is 0. The number of carbonyl (C=O) groups is 1. The summed E-state index contributed by atoms with van der Waals surface area (Å²) in [5.74, 6) is 0.134. The molecule has 2 heteroatoms. The lowest BCUT2D eigenvalue weighted by Crippen LogP contribution is -2.13. The Hall–Kier alpha value is -0.790. The zero-order valence-corrected chi connectivity index (χ0v) is 6.17. The van der Waals surface area contributed by atoms with Crippen molar-refractivity contribution < 1.29 is 9.53 Å². The van der Waals surface area contributed by atoms with Crippen molar-refractivity contribution in [3.8, 4) is 0 Å². The van der Waals surface area contributed by atoms with Crippen molar-refractivity contribution >= 4 is 5.97 Å². The van der Waals surface area contributed by atoms with E-state index in [1.165, 1.54) is 0 Å². The van der Waals surface area contributed by atoms with Crippen LogP contribution in [0.5, 0.6) is 0 Å². The van der Waals surface area contributed by atoms with Gasteiger partial charge in [0.15, 0.2) is 0 Å². The molecule has 0 radical (unpaired) electrons. The summed E-state index contributed by atoms with van der Waals surface area (Å²) in [6, 6.07) is 0. The molecule has 1 rings (SSSR count). The van der Waals surface area contributed by atoms with E-state index in [-0.39, 0.29) is 18.0 Å². The van der Waals surface area contributed by atoms with E-state index in [4.69, 9.17) is 4.74 Å². The van der Waals surface area contributed by atoms with Gasteiger partial charge in [-0.2, -0.15) is 0 Å². The molecule has 0 aromatic heterocycles. The van der Waals surface area contributed by atoms with Crippen molar-refractivity contribution in [2.45, 2.75) is 25.9 Å². The van der Waals surface area contributed by atoms with Crippen LogP contribution in [0.15, 0.2) is 12.7 Å². The van der Waals surface area contributed by atoms with Crippen LogP contribution in [0.4, 0.5) is 0 Å². The van der Waals surface area contributed by atoms with Gasteiger partial charge >= 0.3 is 5.97 Å². The normalized spacial score (nSPS) is 19.7. The highest BCUT2D eigenvalue weighted by Gasteiger charge is 2.31. The van der Waals surface area contributed by atoms with E-state index in [9.17, 15) is 4.79 Å². The maximum atomic E-state index is 10.9. The van der Waals surface area contributed by atoms with Gasteiger partial charge in [0.05, 0.1) is 5.92 Å². The Morgan fingerprint density at radius 3 is 2.80 bits per heavy atom. The van der Waals surface area contributed by atoms with Crippen molar-refractivity contribution in [3.05, 3.63) is 12.7 Å². The molecule has 0 aromatic rings. The van der Waals surface area contributed by atoms with Gasteiger partial charge in [0.1, 0.15) is 6.10 Å². The van der Waals surface area contributed by atoms with Gasteiger partial charge in [-0.05, 0) is 19.8 Å². The van der Waals surface area contributed by atoms with Gasteiger partial charge in [-0.3, -0.25) is 4.79 Å². The fourth-order valence-corrected chi connectivity index (χ4v) is 0.647. The predicted octanol–water partition coefficient (Wildman–Crippen LogP) is 1.51. The summed E-state index contributed by atoms with van der Waals surface area (Å²) in [5, 5.41) is 0. The summed E-state index contributed by atoms with van der Waals surface area (Å²) < 4.78 is 4.97. The highest BCUT2D eigenvalue weighted by atomic mass is 16.5. The molecule has 56 valence electrons. The van der Waals surface area contributed by atoms with Gasteiger partial charge < -0.3 is 4.74 Å². The highest BCUT2D eigenvalue weighted by molar-refractivity contribution is 5.75. The van der Waals surface area contributed by atoms with Gasteiger partial charge in [0, 0.05) is 0 Å². The van der Waals surface area contributed by atoms with Crippen molar-refractivity contribution in [2.75, 3.05) is 0 Å². The third-order valence-corrected chi connectivity index (χ3v) is 1.54. The Morgan fingerprint density at radius 2 is 2.40 bits per heavy atom. The van der Waals surface area contributed by atoms with Crippen LogP contribution in [-0.4, -0.2) is 12.1 Å². The molecular formula is C8H12O2. The summed E-state index contributed by atoms with van der Waals surface area (Å²) in [4.78, 5) is 10.9. The minimum absolute atomic E-state index is 0.0626. The largest absolute Gasteiger partial charge is 0.458 e. The highest BCUT2D eigenvalue weighted by Crippen LogP contribution is 2.30. The van der Waals surface area contributed by atoms with Crippen molar-refractivity contribution in [1.29, 1.82) is 0 Å². The van der Waals surface area contributed by atoms with E-state index >= 15 is 0 Å². The van der Waals surface area contributed by atoms with Crippen LogP contribution < -0.4 is 0 Å². The molecule has 0 spiro atoms. The average Bonchev–Trinajstić information content (AvgIpc) is 2.68. The van der Waals surface area contributed by atoms with E-state index in [2.05, 4.69) is 6.58 Å². The minimum Gasteiger partial charge on any atom is -0.458 e. The lowest BCUT2D eigenvalue weighted by molar-refractivity contribution is -0.147. The Morgan fingerprint density at radius 1 is 1.80 bits per heavy atom. The topological polar surface area (TPSA) is 26.3 Å². The smallest absolute Gasteiger partial charge is 0.309 e. The van der Waals surface area contributed by atoms with Crippen LogP contribution >= 0.6 is 0 Å². The van der Waals surface area contributed by atoms with Crippen molar-refractivity contribution in [3.63, 3.8) is 0 Å². The first-order chi connectivity index (χ1) is 4.74. The lowest BCUT2D eigenvalue weighted by atomic mass is 10.4. The molecule has 10 heavy (non-hydrogen) atoms. The van der Waals surface area contributed by atoms with Gasteiger partial charge in [0.25, 0.3) is 0 Å². The van der Waals surface area contributed by atoms with Gasteiger partial charge in [-0.15, -0.1) is 0 Å². The number of ether oxygens (including phenoxy) is 1. The minimum atomic E-state index is -0.131. The molecule has 0 saturated heterocycles. The molecule has 0 amide bonds. The van der Waals surface area contributed by atoms with E-state index < -0.39 is 0 Å². The number of carbonyl (C=O) groups excluding carboxylic acids is 1. The molecule has 1 aliphatic rings. The predicted molar refractivity (Wildman–Crippen MR) is 38.5 cm³/mol. The molecule has 2 nitrogen and oxygen atoms in total. The zero-order chi connectivity index (χ0) is 7.56. The Balaban J connectivity index is 2.22. The molecule has 0 aromatic carbocycles. The molecule has 1 aliphatic carbocycles. The quantitative estimate of drug-likeness (QED) is 0.439. The molecule has 1 fully saturated rings. The summed E-state index contributed by atoms with van der Waals surface area (Å²) in [7, 11) is 0. The van der Waals surface area contributed by atoms with Crippen molar-refractivity contribution in [2.24, 2.45) is 5.92 Å². The fourth-order valence-electron chi connectivity index (χ4n) is 0.647. The van der Waals surface area contributed by atoms with Crippen LogP contribution in [0, 0.1) is 5.92 Å². The lowest BCUT2D eigenvalue weighted by Gasteiger charge is -2.06. The second-order valence-corrected chi connectivity index (χ2v) is 2.65. The van der Waals surface area contributed by atoms with Crippen LogP contribution in [0.25, 0.3) is 0 Å². The fraction of sp³-hybridized carbons (Fsp3) is 0.625. The number of hydrogen-bond donors (Lipinski definition) is 0. The molecule has 1 saturated carbocycles. The molecule has 1 unspecified atom stereocenters. The monoisotopic (exact) mass is 140 g/mol. The Labute approximate surface area is 60.9 Å². The third kappa shape index (κ3) is 1.87. The van der Waals surface area contributed by atoms with E-state index in [0.29, 0.717) is 0 Å². The van der Waals surface area contributed by atoms with Crippen molar-refractivity contribution in [1.82, 2.24) is 0 Å². The molecule has 0 aliphatic heterocycles. The van der Waals surface area contributed by atoms with Crippen LogP contribution in [0.2, 0.25) is 0 Å². The van der Waals surface area contributed by atoms with Gasteiger partial charge in [-0.1, -0.05) is 12.7 Å². The first-order valence-corrected chi connectivity index (χ1v) is 3.57. The number of rotatable bonds is 3. The standard InChI is InChI=1S/C8H12O2/c1-3-6(2)10-8(9)7-4-5-7/h3,6-7H,1,4-5H2,2H3. The van der Waals surface area contributed by atoms with Crippen LogP contribution in [0.1, 0.15) is 19.8 Å². The third-order valence-electron chi connectivity index (χ3n) is 1.54. The number of esters is 1. The van der Waals surface area contributed by atoms with Gasteiger partial charge in [0.2, 0.25) is 0 Å². The SMILES string of the molecule is C=CC(C)OC(=O)C1CC1. The average molecular weight is 140 g/mol. The first-order valence-electron chi connectivity index (χ1n) is 3.57. The maximum Gasteiger partial charge on any atom is 0.309 e. The van der Waals surface area contributed by atoms with E-state index in [0.717, 1.165) is 12.8 Å². The van der Waals surface area contributed by atoms with E-state index in [1.54, 1.807) is 6.08 Å². The summed E-state index contributed by atoms with van der Waals surface area (Å²) in [6.07, 6.45) is 3.50. The Kier molecular flexibility index (Phi) is 2.10. The second-order valence-electron chi connectivity index (χ2n) is 2.65. The Bertz CT molecular complexity index is 147. The maximum absolute atomic E-state index is 10.9. The summed E-state index contributed by atoms with van der Waals surface area (Å²) in [5.41, 5.74) is 0. The first kappa shape index (κ1) is 7.32.